The number of allylic oxidation sites excluding steroid dienone is 4. The van der Waals surface area contributed by atoms with Crippen molar-refractivity contribution in [3.05, 3.63) is 74.5 Å². The largest absolute Gasteiger partial charge is 0.997 e. The summed E-state index contributed by atoms with van der Waals surface area (Å²) >= 11 is 1.06. The van der Waals surface area contributed by atoms with E-state index in [1.807, 2.05) is 0 Å². The molecule has 0 unspecified atom stereocenters. The third kappa shape index (κ3) is 8.67. The quantitative estimate of drug-likeness (QED) is 0.303. The fraction of sp³-hybridized carbons (Fsp3) is 0.227. The molecule has 1 fully saturated rings. The van der Waals surface area contributed by atoms with Gasteiger partial charge in [-0.05, 0) is 12.0 Å². The molecule has 0 spiro atoms. The van der Waals surface area contributed by atoms with E-state index in [-0.39, 0.29) is 61.1 Å². The molecule has 1 saturated carbocycles. The monoisotopic (exact) mass is 535 g/mol. The Balaban J connectivity index is 0.000000750. The summed E-state index contributed by atoms with van der Waals surface area (Å²) in [6, 6.07) is -1.43. The zero-order chi connectivity index (χ0) is 22.8. The number of hydrogen-bond acceptors (Lipinski definition) is 6. The van der Waals surface area contributed by atoms with Gasteiger partial charge in [-0.3, -0.25) is 9.79 Å². The van der Waals surface area contributed by atoms with E-state index in [0.717, 1.165) is 11.8 Å². The summed E-state index contributed by atoms with van der Waals surface area (Å²) < 4.78 is 0. The van der Waals surface area contributed by atoms with E-state index in [1.165, 1.54) is 0 Å². The van der Waals surface area contributed by atoms with Crippen molar-refractivity contribution in [3.8, 4) is 0 Å². The normalized spacial score (nSPS) is 19.6. The van der Waals surface area contributed by atoms with Crippen LogP contribution in [0.15, 0.2) is 17.1 Å². The van der Waals surface area contributed by atoms with E-state index in [9.17, 15) is 24.3 Å². The average Bonchev–Trinajstić information content (AvgIpc) is 3.47. The van der Waals surface area contributed by atoms with Crippen LogP contribution in [0.4, 0.5) is 0 Å². The molecule has 0 aromatic heterocycles. The second kappa shape index (κ2) is 14.0. The predicted molar refractivity (Wildman–Crippen MR) is 107 cm³/mol. The number of nitrogens with one attached hydrogen (secondary N) is 1. The Hall–Kier alpha value is -2.32. The van der Waals surface area contributed by atoms with Crippen LogP contribution in [0.2, 0.25) is 0 Å². The average molecular weight is 534 g/mol. The molecule has 0 bridgehead atoms. The minimum atomic E-state index is -1.43. The van der Waals surface area contributed by atoms with Crippen LogP contribution in [0.25, 0.3) is 0 Å². The van der Waals surface area contributed by atoms with Crippen LogP contribution in [0.5, 0.6) is 0 Å². The van der Waals surface area contributed by atoms with Crippen LogP contribution in [-0.4, -0.2) is 56.7 Å². The summed E-state index contributed by atoms with van der Waals surface area (Å²) in [6.45, 7) is 3.57. The van der Waals surface area contributed by atoms with Crippen LogP contribution < -0.4 is 5.32 Å². The number of aliphatic imine (C=N–C) groups is 1. The summed E-state index contributed by atoms with van der Waals surface area (Å²) in [6.07, 6.45) is 21.9. The first-order chi connectivity index (χ1) is 14.8. The maximum atomic E-state index is 12.0. The first kappa shape index (κ1) is 27.7. The molecule has 167 valence electrons. The van der Waals surface area contributed by atoms with Gasteiger partial charge in [0, 0.05) is 31.7 Å². The number of carbonyl (C=O) groups is 4. The van der Waals surface area contributed by atoms with Crippen LogP contribution in [0.3, 0.4) is 0 Å². The van der Waals surface area contributed by atoms with Gasteiger partial charge in [0.2, 0.25) is 5.91 Å². The molecular formula is C22H13N2O6RuS-6. The van der Waals surface area contributed by atoms with E-state index in [4.69, 9.17) is 5.11 Å². The maximum absolute atomic E-state index is 12.0. The second-order valence-corrected chi connectivity index (χ2v) is 7.00. The molecule has 1 aliphatic heterocycles. The van der Waals surface area contributed by atoms with Gasteiger partial charge >= 0.3 is 11.9 Å². The number of carboxylic acid groups (broad SMARTS) is 2. The maximum Gasteiger partial charge on any atom is 0.354 e. The first-order valence-electron chi connectivity index (χ1n) is 8.59. The fourth-order valence-corrected chi connectivity index (χ4v) is 3.32. The Bertz CT molecular complexity index is 807. The molecule has 0 aromatic carbocycles. The second-order valence-electron chi connectivity index (χ2n) is 5.89. The molecule has 2 aliphatic carbocycles. The number of Topliss-reactive ketones (excluding diaryl/α,β-unsaturated/α-hetero) is 1. The molecule has 8 nitrogen and oxygen atoms in total. The SMILES string of the molecule is C=C1CS[C@H]([C@H](NC(=O)CCC(=O)[C-]2[C-][C-][C-][C-]2)C(=O)O)N=C1C(=O)O.[C]1=[C][C-][C]=[C]1.[Ru]. The topological polar surface area (TPSA) is 133 Å². The standard InChI is InChI=1S/C17H13N2O6S.C5.Ru/c1-9-8-26-15(19-13(9)16(22)23)14(17(24)25)18-12(21)7-6-11(20)10-4-2-3-5-10;1-2-4-5-3-1;/h14-15H,1,6-8H2,(H,18,21)(H,22,23)(H,24,25);;/q-5;-1;/t14-,15+;;/m0../s1. The van der Waals surface area contributed by atoms with E-state index >= 15 is 0 Å². The zero-order valence-electron chi connectivity index (χ0n) is 16.2. The van der Waals surface area contributed by atoms with Crippen molar-refractivity contribution in [1.29, 1.82) is 0 Å². The Morgan fingerprint density at radius 1 is 1.19 bits per heavy atom. The van der Waals surface area contributed by atoms with Crippen molar-refractivity contribution in [2.75, 3.05) is 5.75 Å². The van der Waals surface area contributed by atoms with Crippen molar-refractivity contribution < 1.29 is 48.9 Å². The fourth-order valence-electron chi connectivity index (χ4n) is 2.25. The Labute approximate surface area is 204 Å². The zero-order valence-corrected chi connectivity index (χ0v) is 18.8. The van der Waals surface area contributed by atoms with Gasteiger partial charge in [-0.15, -0.1) is 11.8 Å². The number of nitrogens with zero attached hydrogens (tertiary/aromatic N) is 1. The van der Waals surface area contributed by atoms with Crippen molar-refractivity contribution in [2.24, 2.45) is 4.99 Å². The molecular weight excluding hydrogens is 521 g/mol. The summed E-state index contributed by atoms with van der Waals surface area (Å²) in [5.74, 6) is -3.41. The van der Waals surface area contributed by atoms with Crippen molar-refractivity contribution in [1.82, 2.24) is 5.32 Å². The molecule has 10 heteroatoms. The molecule has 3 N–H and O–H groups in total. The number of hydrogen-bond donors (Lipinski definition) is 3. The number of rotatable bonds is 8. The van der Waals surface area contributed by atoms with E-state index in [2.05, 4.69) is 73.3 Å². The first-order valence-corrected chi connectivity index (χ1v) is 9.64. The molecule has 2 atom stereocenters. The van der Waals surface area contributed by atoms with Gasteiger partial charge in [0.05, 0.1) is 0 Å². The smallest absolute Gasteiger partial charge is 0.354 e. The summed E-state index contributed by atoms with van der Waals surface area (Å²) in [5, 5.41) is 19.7. The third-order valence-electron chi connectivity index (χ3n) is 3.70. The summed E-state index contributed by atoms with van der Waals surface area (Å²) in [5.41, 5.74) is -0.0326. The van der Waals surface area contributed by atoms with Gasteiger partial charge < -0.3 is 51.9 Å². The summed E-state index contributed by atoms with van der Waals surface area (Å²) in [7, 11) is 0. The van der Waals surface area contributed by atoms with Crippen LogP contribution in [0, 0.1) is 62.3 Å². The number of carbonyl (C=O) groups excluding carboxylic acids is 2. The number of carboxylic acids is 2. The number of aliphatic carboxylic acids is 2. The van der Waals surface area contributed by atoms with Crippen LogP contribution >= 0.6 is 11.8 Å². The minimum Gasteiger partial charge on any atom is -0.997 e. The van der Waals surface area contributed by atoms with Crippen molar-refractivity contribution >= 4 is 41.1 Å². The van der Waals surface area contributed by atoms with Crippen molar-refractivity contribution in [2.45, 2.75) is 24.3 Å². The van der Waals surface area contributed by atoms with E-state index < -0.39 is 29.3 Å². The molecule has 9 radical (unpaired) electrons. The Morgan fingerprint density at radius 2 is 1.81 bits per heavy atom. The van der Waals surface area contributed by atoms with Gasteiger partial charge in [-0.2, -0.15) is 18.6 Å². The van der Waals surface area contributed by atoms with Gasteiger partial charge in [-0.1, -0.05) is 12.4 Å². The molecule has 3 aliphatic rings. The van der Waals surface area contributed by atoms with Crippen LogP contribution in [0.1, 0.15) is 12.8 Å². The molecule has 32 heavy (non-hydrogen) atoms. The molecule has 3 rings (SSSR count). The van der Waals surface area contributed by atoms with Crippen LogP contribution in [-0.2, 0) is 38.7 Å². The number of ketones is 1. The molecule has 1 amide bonds. The number of amides is 1. The predicted octanol–water partition coefficient (Wildman–Crippen LogP) is 0.377. The molecule has 1 heterocycles. The minimum absolute atomic E-state index is 0. The molecule has 0 saturated heterocycles. The van der Waals surface area contributed by atoms with E-state index in [1.54, 1.807) is 0 Å². The Kier molecular flexibility index (Phi) is 12.1. The van der Waals surface area contributed by atoms with E-state index in [0.29, 0.717) is 0 Å². The Morgan fingerprint density at radius 3 is 2.31 bits per heavy atom. The third-order valence-corrected chi connectivity index (χ3v) is 4.93. The van der Waals surface area contributed by atoms with Gasteiger partial charge in [0.1, 0.15) is 11.1 Å². The van der Waals surface area contributed by atoms with Gasteiger partial charge in [-0.25, -0.2) is 21.7 Å². The molecule has 0 aromatic rings. The van der Waals surface area contributed by atoms with Crippen molar-refractivity contribution in [3.63, 3.8) is 0 Å². The van der Waals surface area contributed by atoms with Gasteiger partial charge in [0.15, 0.2) is 6.04 Å². The number of thioether (sulfide) groups is 1. The van der Waals surface area contributed by atoms with Gasteiger partial charge in [0.25, 0.3) is 0 Å². The summed E-state index contributed by atoms with van der Waals surface area (Å²) in [4.78, 5) is 50.3.